The molecule has 2 heterocycles. The third-order valence-electron chi connectivity index (χ3n) is 2.94. The van der Waals surface area contributed by atoms with Crippen LogP contribution in [0.5, 0.6) is 0 Å². The molecule has 0 saturated carbocycles. The van der Waals surface area contributed by atoms with Crippen LogP contribution in [-0.4, -0.2) is 40.0 Å². The summed E-state index contributed by atoms with van der Waals surface area (Å²) >= 11 is 0. The number of carbonyl (C=O) groups excluding carboxylic acids is 1. The van der Waals surface area contributed by atoms with Crippen molar-refractivity contribution < 1.29 is 14.7 Å². The Balaban J connectivity index is 2.07. The lowest BCUT2D eigenvalue weighted by Crippen LogP contribution is -2.42. The summed E-state index contributed by atoms with van der Waals surface area (Å²) in [4.78, 5) is 28.5. The molecule has 0 aromatic carbocycles. The summed E-state index contributed by atoms with van der Waals surface area (Å²) in [7, 11) is 0. The van der Waals surface area contributed by atoms with Crippen LogP contribution in [-0.2, 0) is 4.79 Å². The van der Waals surface area contributed by atoms with E-state index >= 15 is 0 Å². The number of pyridine rings is 1. The van der Waals surface area contributed by atoms with E-state index in [1.54, 1.807) is 29.3 Å². The number of hydrogen-bond donors (Lipinski definition) is 1. The largest absolute Gasteiger partial charge is 0.481 e. The maximum absolute atomic E-state index is 12.0. The van der Waals surface area contributed by atoms with Gasteiger partial charge in [0, 0.05) is 19.3 Å². The van der Waals surface area contributed by atoms with Crippen molar-refractivity contribution in [3.8, 4) is 0 Å². The van der Waals surface area contributed by atoms with Crippen LogP contribution < -0.4 is 0 Å². The molecule has 5 heteroatoms. The topological polar surface area (TPSA) is 70.5 Å². The van der Waals surface area contributed by atoms with Gasteiger partial charge in [0.15, 0.2) is 0 Å². The molecular weight excluding hydrogens is 220 g/mol. The number of aliphatic carboxylic acids is 1. The number of amides is 1. The minimum absolute atomic E-state index is 0.184. The van der Waals surface area contributed by atoms with E-state index in [0.29, 0.717) is 18.7 Å². The maximum atomic E-state index is 12.0. The Hall–Kier alpha value is -1.91. The number of carboxylic acid groups (broad SMARTS) is 1. The molecule has 1 saturated heterocycles. The van der Waals surface area contributed by atoms with Gasteiger partial charge < -0.3 is 10.0 Å². The molecule has 17 heavy (non-hydrogen) atoms. The molecule has 1 atom stereocenters. The van der Waals surface area contributed by atoms with Crippen LogP contribution in [0.1, 0.15) is 23.3 Å². The fourth-order valence-corrected chi connectivity index (χ4v) is 2.01. The van der Waals surface area contributed by atoms with Gasteiger partial charge in [-0.05, 0) is 25.0 Å². The monoisotopic (exact) mass is 234 g/mol. The maximum Gasteiger partial charge on any atom is 0.308 e. The predicted octanol–water partition coefficient (Wildman–Crippen LogP) is 1.02. The highest BCUT2D eigenvalue weighted by Gasteiger charge is 2.28. The Labute approximate surface area is 99.1 Å². The number of hydrogen-bond acceptors (Lipinski definition) is 3. The number of piperidine rings is 1. The number of carboxylic acids is 1. The molecule has 0 spiro atoms. The molecule has 1 fully saturated rings. The third kappa shape index (κ3) is 2.61. The van der Waals surface area contributed by atoms with Gasteiger partial charge in [-0.3, -0.25) is 14.6 Å². The van der Waals surface area contributed by atoms with Crippen molar-refractivity contribution in [2.45, 2.75) is 12.8 Å². The molecule has 1 aromatic rings. The third-order valence-corrected chi connectivity index (χ3v) is 2.94. The molecule has 0 bridgehead atoms. The van der Waals surface area contributed by atoms with E-state index < -0.39 is 11.9 Å². The molecule has 1 N–H and O–H groups in total. The van der Waals surface area contributed by atoms with Gasteiger partial charge in [0.2, 0.25) is 0 Å². The SMILES string of the molecule is O=C(O)[C@@H]1CCCN(C(=O)c2ccccn2)C1. The summed E-state index contributed by atoms with van der Waals surface area (Å²) in [5.41, 5.74) is 0.374. The van der Waals surface area contributed by atoms with Crippen LogP contribution in [0.3, 0.4) is 0 Å². The molecule has 1 aliphatic heterocycles. The Morgan fingerprint density at radius 3 is 2.88 bits per heavy atom. The molecule has 2 rings (SSSR count). The standard InChI is InChI=1S/C12H14N2O3/c15-11(10-5-1-2-6-13-10)14-7-3-4-9(8-14)12(16)17/h1-2,5-6,9H,3-4,7-8H2,(H,16,17)/t9-/m1/s1. The number of aromatic nitrogens is 1. The number of likely N-dealkylation sites (tertiary alicyclic amines) is 1. The lowest BCUT2D eigenvalue weighted by atomic mass is 9.98. The Kier molecular flexibility index (Phi) is 3.37. The van der Waals surface area contributed by atoms with Crippen molar-refractivity contribution in [3.63, 3.8) is 0 Å². The number of nitrogens with zero attached hydrogens (tertiary/aromatic N) is 2. The zero-order chi connectivity index (χ0) is 12.3. The molecular formula is C12H14N2O3. The molecule has 1 aliphatic rings. The molecule has 1 aromatic heterocycles. The zero-order valence-electron chi connectivity index (χ0n) is 9.37. The highest BCUT2D eigenvalue weighted by atomic mass is 16.4. The van der Waals surface area contributed by atoms with Crippen LogP contribution in [0, 0.1) is 5.92 Å². The lowest BCUT2D eigenvalue weighted by molar-refractivity contribution is -0.143. The van der Waals surface area contributed by atoms with Crippen molar-refractivity contribution >= 4 is 11.9 Å². The Morgan fingerprint density at radius 2 is 2.24 bits per heavy atom. The second-order valence-electron chi connectivity index (χ2n) is 4.14. The van der Waals surface area contributed by atoms with E-state index in [1.165, 1.54) is 0 Å². The Morgan fingerprint density at radius 1 is 1.41 bits per heavy atom. The summed E-state index contributed by atoms with van der Waals surface area (Å²) in [5.74, 6) is -1.46. The van der Waals surface area contributed by atoms with Crippen LogP contribution >= 0.6 is 0 Å². The molecule has 0 radical (unpaired) electrons. The van der Waals surface area contributed by atoms with Gasteiger partial charge in [-0.15, -0.1) is 0 Å². The average molecular weight is 234 g/mol. The van der Waals surface area contributed by atoms with E-state index in [2.05, 4.69) is 4.98 Å². The van der Waals surface area contributed by atoms with Gasteiger partial charge in [0.05, 0.1) is 5.92 Å². The van der Waals surface area contributed by atoms with Crippen LogP contribution in [0.2, 0.25) is 0 Å². The number of carbonyl (C=O) groups is 2. The van der Waals surface area contributed by atoms with E-state index in [4.69, 9.17) is 5.11 Å². The van der Waals surface area contributed by atoms with Crippen LogP contribution in [0.25, 0.3) is 0 Å². The van der Waals surface area contributed by atoms with Crippen molar-refractivity contribution in [2.75, 3.05) is 13.1 Å². The van der Waals surface area contributed by atoms with E-state index in [1.807, 2.05) is 0 Å². The lowest BCUT2D eigenvalue weighted by Gasteiger charge is -2.30. The first-order valence-electron chi connectivity index (χ1n) is 5.61. The van der Waals surface area contributed by atoms with E-state index in [-0.39, 0.29) is 12.5 Å². The smallest absolute Gasteiger partial charge is 0.308 e. The van der Waals surface area contributed by atoms with Gasteiger partial charge in [-0.1, -0.05) is 6.07 Å². The van der Waals surface area contributed by atoms with Crippen molar-refractivity contribution in [3.05, 3.63) is 30.1 Å². The quantitative estimate of drug-likeness (QED) is 0.829. The summed E-state index contributed by atoms with van der Waals surface area (Å²) < 4.78 is 0. The minimum Gasteiger partial charge on any atom is -0.481 e. The summed E-state index contributed by atoms with van der Waals surface area (Å²) in [6.07, 6.45) is 2.93. The first kappa shape index (κ1) is 11.6. The normalized spacial score (nSPS) is 20.0. The average Bonchev–Trinajstić information content (AvgIpc) is 2.39. The van der Waals surface area contributed by atoms with E-state index in [0.717, 1.165) is 6.42 Å². The minimum atomic E-state index is -0.830. The fourth-order valence-electron chi connectivity index (χ4n) is 2.01. The summed E-state index contributed by atoms with van der Waals surface area (Å²) in [6.45, 7) is 0.893. The van der Waals surface area contributed by atoms with E-state index in [9.17, 15) is 9.59 Å². The first-order chi connectivity index (χ1) is 8.18. The van der Waals surface area contributed by atoms with Gasteiger partial charge in [-0.25, -0.2) is 0 Å². The van der Waals surface area contributed by atoms with Gasteiger partial charge in [0.1, 0.15) is 5.69 Å². The second kappa shape index (κ2) is 4.95. The number of rotatable bonds is 2. The van der Waals surface area contributed by atoms with Gasteiger partial charge in [-0.2, -0.15) is 0 Å². The summed E-state index contributed by atoms with van der Waals surface area (Å²) in [6, 6.07) is 5.14. The highest BCUT2D eigenvalue weighted by Crippen LogP contribution is 2.18. The van der Waals surface area contributed by atoms with Crippen LogP contribution in [0.4, 0.5) is 0 Å². The second-order valence-corrected chi connectivity index (χ2v) is 4.14. The molecule has 5 nitrogen and oxygen atoms in total. The predicted molar refractivity (Wildman–Crippen MR) is 60.5 cm³/mol. The highest BCUT2D eigenvalue weighted by molar-refractivity contribution is 5.92. The zero-order valence-corrected chi connectivity index (χ0v) is 9.37. The fraction of sp³-hybridized carbons (Fsp3) is 0.417. The van der Waals surface area contributed by atoms with Crippen molar-refractivity contribution in [1.82, 2.24) is 9.88 Å². The first-order valence-corrected chi connectivity index (χ1v) is 5.61. The molecule has 0 aliphatic carbocycles. The van der Waals surface area contributed by atoms with Crippen molar-refractivity contribution in [1.29, 1.82) is 0 Å². The van der Waals surface area contributed by atoms with Crippen LogP contribution in [0.15, 0.2) is 24.4 Å². The van der Waals surface area contributed by atoms with Gasteiger partial charge in [0.25, 0.3) is 5.91 Å². The molecule has 0 unspecified atom stereocenters. The molecule has 1 amide bonds. The van der Waals surface area contributed by atoms with Gasteiger partial charge >= 0.3 is 5.97 Å². The Bertz CT molecular complexity index is 419. The molecule has 90 valence electrons. The van der Waals surface area contributed by atoms with Crippen molar-refractivity contribution in [2.24, 2.45) is 5.92 Å². The summed E-state index contributed by atoms with van der Waals surface area (Å²) in [5, 5.41) is 8.95.